The van der Waals surface area contributed by atoms with Gasteiger partial charge in [0.2, 0.25) is 0 Å². The predicted molar refractivity (Wildman–Crippen MR) is 127 cm³/mol. The van der Waals surface area contributed by atoms with Crippen molar-refractivity contribution in [3.8, 4) is 11.5 Å². The van der Waals surface area contributed by atoms with Crippen LogP contribution in [0.25, 0.3) is 0 Å². The van der Waals surface area contributed by atoms with E-state index in [1.165, 1.54) is 0 Å². The molecule has 0 aliphatic carbocycles. The number of amidine groups is 1. The first kappa shape index (κ1) is 24.2. The number of sulfonamides is 1. The standard InChI is InChI=1S/C23H30N4O6S/c1-3-33-20-6-4-17(14-21(20)31-2)19(26-8-11-32-12-9-26)15-24-23(28)18-5-7-22-25-34(29,30)13-10-27(22)16-18/h4-7,14,16,19H,3,8-13,15H2,1-2H3,(H,24,28). The van der Waals surface area contributed by atoms with E-state index in [0.717, 1.165) is 18.7 Å². The zero-order valence-corrected chi connectivity index (χ0v) is 20.2. The molecular weight excluding hydrogens is 460 g/mol. The molecule has 0 spiro atoms. The van der Waals surface area contributed by atoms with Gasteiger partial charge in [-0.05, 0) is 36.8 Å². The number of fused-ring (bicyclic) bond motifs is 1. The van der Waals surface area contributed by atoms with Crippen molar-refractivity contribution in [2.24, 2.45) is 4.40 Å². The Balaban J connectivity index is 1.50. The molecule has 1 saturated heterocycles. The van der Waals surface area contributed by atoms with E-state index >= 15 is 0 Å². The molecule has 0 bridgehead atoms. The first-order valence-electron chi connectivity index (χ1n) is 11.3. The van der Waals surface area contributed by atoms with Gasteiger partial charge in [0, 0.05) is 32.4 Å². The van der Waals surface area contributed by atoms with E-state index in [1.54, 1.807) is 30.4 Å². The Morgan fingerprint density at radius 3 is 2.74 bits per heavy atom. The smallest absolute Gasteiger partial charge is 0.256 e. The summed E-state index contributed by atoms with van der Waals surface area (Å²) in [6.07, 6.45) is 4.80. The van der Waals surface area contributed by atoms with Crippen molar-refractivity contribution in [3.63, 3.8) is 0 Å². The summed E-state index contributed by atoms with van der Waals surface area (Å²) in [6, 6.07) is 5.76. The molecule has 1 aromatic rings. The zero-order valence-electron chi connectivity index (χ0n) is 19.4. The zero-order chi connectivity index (χ0) is 24.1. The summed E-state index contributed by atoms with van der Waals surface area (Å²) in [5.74, 6) is 1.34. The van der Waals surface area contributed by atoms with Crippen LogP contribution in [0, 0.1) is 0 Å². The highest BCUT2D eigenvalue weighted by molar-refractivity contribution is 7.90. The number of hydrogen-bond donors (Lipinski definition) is 1. The van der Waals surface area contributed by atoms with Crippen LogP contribution in [-0.4, -0.2) is 88.8 Å². The number of ether oxygens (including phenoxy) is 3. The fourth-order valence-corrected chi connectivity index (χ4v) is 5.11. The van der Waals surface area contributed by atoms with Crippen molar-refractivity contribution >= 4 is 21.8 Å². The van der Waals surface area contributed by atoms with Crippen LogP contribution in [0.15, 0.2) is 46.5 Å². The molecule has 1 N–H and O–H groups in total. The number of nitrogens with zero attached hydrogens (tertiary/aromatic N) is 3. The minimum absolute atomic E-state index is 0.0750. The van der Waals surface area contributed by atoms with Crippen molar-refractivity contribution in [1.29, 1.82) is 0 Å². The lowest BCUT2D eigenvalue weighted by Gasteiger charge is -2.35. The van der Waals surface area contributed by atoms with Gasteiger partial charge < -0.3 is 24.4 Å². The monoisotopic (exact) mass is 490 g/mol. The fraction of sp³-hybridized carbons (Fsp3) is 0.478. The van der Waals surface area contributed by atoms with E-state index in [2.05, 4.69) is 14.6 Å². The highest BCUT2D eigenvalue weighted by atomic mass is 32.2. The number of rotatable bonds is 8. The second-order valence-corrected chi connectivity index (χ2v) is 9.82. The molecule has 0 saturated carbocycles. The van der Waals surface area contributed by atoms with Gasteiger partial charge in [-0.1, -0.05) is 6.07 Å². The van der Waals surface area contributed by atoms with Gasteiger partial charge in [0.05, 0.1) is 44.3 Å². The minimum Gasteiger partial charge on any atom is -0.493 e. The van der Waals surface area contributed by atoms with Crippen molar-refractivity contribution in [3.05, 3.63) is 47.7 Å². The van der Waals surface area contributed by atoms with Gasteiger partial charge in [0.25, 0.3) is 15.9 Å². The third kappa shape index (κ3) is 5.60. The molecule has 4 rings (SSSR count). The third-order valence-corrected chi connectivity index (χ3v) is 7.06. The average molecular weight is 491 g/mol. The van der Waals surface area contributed by atoms with Crippen LogP contribution in [0.3, 0.4) is 0 Å². The SMILES string of the molecule is CCOc1ccc(C(CNC(=O)C2=CN3CCS(=O)(=O)N=C3C=C2)N2CCOCC2)cc1OC. The number of nitrogens with one attached hydrogen (secondary N) is 1. The van der Waals surface area contributed by atoms with Crippen molar-refractivity contribution in [2.75, 3.05) is 58.9 Å². The third-order valence-electron chi connectivity index (χ3n) is 5.90. The normalized spacial score (nSPS) is 20.6. The first-order chi connectivity index (χ1) is 16.4. The molecule has 0 aromatic heterocycles. The minimum atomic E-state index is -3.44. The highest BCUT2D eigenvalue weighted by Gasteiger charge is 2.27. The van der Waals surface area contributed by atoms with Gasteiger partial charge in [-0.25, -0.2) is 8.42 Å². The van der Waals surface area contributed by atoms with Gasteiger partial charge in [-0.3, -0.25) is 9.69 Å². The van der Waals surface area contributed by atoms with Gasteiger partial charge in [-0.2, -0.15) is 0 Å². The maximum absolute atomic E-state index is 13.0. The molecule has 184 valence electrons. The van der Waals surface area contributed by atoms with E-state index in [4.69, 9.17) is 14.2 Å². The van der Waals surface area contributed by atoms with Crippen molar-refractivity contribution < 1.29 is 27.4 Å². The fourth-order valence-electron chi connectivity index (χ4n) is 4.14. The van der Waals surface area contributed by atoms with Crippen LogP contribution in [0.2, 0.25) is 0 Å². The van der Waals surface area contributed by atoms with Crippen molar-refractivity contribution in [2.45, 2.75) is 13.0 Å². The maximum atomic E-state index is 13.0. The molecule has 34 heavy (non-hydrogen) atoms. The molecule has 1 fully saturated rings. The largest absolute Gasteiger partial charge is 0.493 e. The summed E-state index contributed by atoms with van der Waals surface area (Å²) in [7, 11) is -1.83. The Morgan fingerprint density at radius 1 is 1.21 bits per heavy atom. The summed E-state index contributed by atoms with van der Waals surface area (Å²) < 4.78 is 43.9. The number of morpholine rings is 1. The van der Waals surface area contributed by atoms with Crippen LogP contribution in [0.5, 0.6) is 11.5 Å². The molecule has 10 nitrogen and oxygen atoms in total. The van der Waals surface area contributed by atoms with Crippen LogP contribution < -0.4 is 14.8 Å². The quantitative estimate of drug-likeness (QED) is 0.577. The Morgan fingerprint density at radius 2 is 2.00 bits per heavy atom. The second kappa shape index (κ2) is 10.6. The average Bonchev–Trinajstić information content (AvgIpc) is 2.84. The van der Waals surface area contributed by atoms with E-state index < -0.39 is 10.0 Å². The summed E-state index contributed by atoms with van der Waals surface area (Å²) in [5.41, 5.74) is 1.45. The molecule has 11 heteroatoms. The molecule has 3 aliphatic rings. The number of carbonyl (C=O) groups excluding carboxylic acids is 1. The molecule has 1 amide bonds. The second-order valence-electron chi connectivity index (χ2n) is 8.06. The number of carbonyl (C=O) groups is 1. The highest BCUT2D eigenvalue weighted by Crippen LogP contribution is 2.32. The maximum Gasteiger partial charge on any atom is 0.256 e. The molecule has 3 heterocycles. The lowest BCUT2D eigenvalue weighted by atomic mass is 10.0. The van der Waals surface area contributed by atoms with E-state index in [1.807, 2.05) is 25.1 Å². The summed E-state index contributed by atoms with van der Waals surface area (Å²) in [6.45, 7) is 5.88. The molecule has 1 unspecified atom stereocenters. The Labute approximate surface area is 199 Å². The van der Waals surface area contributed by atoms with E-state index in [-0.39, 0.29) is 24.2 Å². The molecular formula is C23H30N4O6S. The van der Waals surface area contributed by atoms with E-state index in [0.29, 0.717) is 49.3 Å². The van der Waals surface area contributed by atoms with Gasteiger partial charge in [0.1, 0.15) is 5.84 Å². The molecule has 1 aromatic carbocycles. The van der Waals surface area contributed by atoms with Crippen LogP contribution in [0.4, 0.5) is 0 Å². The van der Waals surface area contributed by atoms with E-state index in [9.17, 15) is 13.2 Å². The number of amides is 1. The van der Waals surface area contributed by atoms with Crippen LogP contribution >= 0.6 is 0 Å². The first-order valence-corrected chi connectivity index (χ1v) is 12.9. The Kier molecular flexibility index (Phi) is 7.54. The van der Waals surface area contributed by atoms with Crippen molar-refractivity contribution in [1.82, 2.24) is 15.1 Å². The predicted octanol–water partition coefficient (Wildman–Crippen LogP) is 1.08. The number of benzene rings is 1. The van der Waals surface area contributed by atoms with Crippen LogP contribution in [-0.2, 0) is 19.6 Å². The number of hydrogen-bond acceptors (Lipinski definition) is 8. The molecule has 3 aliphatic heterocycles. The topological polar surface area (TPSA) is 110 Å². The number of methoxy groups -OCH3 is 1. The Hall–Kier alpha value is -2.89. The van der Waals surface area contributed by atoms with Gasteiger partial charge >= 0.3 is 0 Å². The Bertz CT molecular complexity index is 1110. The van der Waals surface area contributed by atoms with Crippen LogP contribution in [0.1, 0.15) is 18.5 Å². The lowest BCUT2D eigenvalue weighted by Crippen LogP contribution is -2.44. The van der Waals surface area contributed by atoms with Gasteiger partial charge in [0.15, 0.2) is 11.5 Å². The summed E-state index contributed by atoms with van der Waals surface area (Å²) in [4.78, 5) is 16.9. The van der Waals surface area contributed by atoms with Gasteiger partial charge in [-0.15, -0.1) is 4.40 Å². The summed E-state index contributed by atoms with van der Waals surface area (Å²) in [5, 5.41) is 3.04. The molecule has 0 radical (unpaired) electrons. The molecule has 1 atom stereocenters. The summed E-state index contributed by atoms with van der Waals surface area (Å²) >= 11 is 0. The lowest BCUT2D eigenvalue weighted by molar-refractivity contribution is -0.117.